The predicted molar refractivity (Wildman–Crippen MR) is 83.7 cm³/mol. The maximum absolute atomic E-state index is 12.3. The maximum atomic E-state index is 12.3. The molecule has 7 nitrogen and oxygen atoms in total. The Balaban J connectivity index is 3.21. The van der Waals surface area contributed by atoms with Gasteiger partial charge in [0.25, 0.3) is 5.08 Å². The third kappa shape index (κ3) is 4.24. The Morgan fingerprint density at radius 1 is 1.18 bits per heavy atom. The third-order valence-electron chi connectivity index (χ3n) is 3.03. The average molecular weight is 368 g/mol. The van der Waals surface area contributed by atoms with Crippen LogP contribution in [0.4, 0.5) is 0 Å². The Morgan fingerprint density at radius 3 is 2.05 bits per heavy atom. The van der Waals surface area contributed by atoms with E-state index in [9.17, 15) is 24.0 Å². The van der Waals surface area contributed by atoms with Crippen molar-refractivity contribution in [3.8, 4) is 24.1 Å². The molecule has 1 rings (SSSR count). The largest absolute Gasteiger partial charge is 0.430 e. The van der Waals surface area contributed by atoms with Crippen LogP contribution in [0.25, 0.3) is 0 Å². The van der Waals surface area contributed by atoms with Crippen LogP contribution >= 0.6 is 27.0 Å². The Morgan fingerprint density at radius 2 is 1.68 bits per heavy atom. The van der Waals surface area contributed by atoms with E-state index in [-0.39, 0.29) is 5.92 Å². The molecule has 3 atom stereocenters. The van der Waals surface area contributed by atoms with Crippen LogP contribution in [0.5, 0.6) is 0 Å². The molecular weight excluding hydrogens is 350 g/mol. The van der Waals surface area contributed by atoms with Crippen LogP contribution in [0, 0.1) is 30.0 Å². The van der Waals surface area contributed by atoms with Gasteiger partial charge in [-0.3, -0.25) is 0 Å². The lowest BCUT2D eigenvalue weighted by Gasteiger charge is -2.33. The molecule has 0 aromatic rings. The highest BCUT2D eigenvalue weighted by atomic mass is 32.2. The molecule has 1 fully saturated rings. The van der Waals surface area contributed by atoms with Gasteiger partial charge in [0.1, 0.15) is 12.2 Å². The summed E-state index contributed by atoms with van der Waals surface area (Å²) in [7, 11) is -9.96. The van der Waals surface area contributed by atoms with E-state index < -0.39 is 26.7 Å². The summed E-state index contributed by atoms with van der Waals surface area (Å²) in [6, 6.07) is 0. The molecule has 22 heavy (non-hydrogen) atoms. The molecule has 0 spiro atoms. The van der Waals surface area contributed by atoms with Gasteiger partial charge in [-0.2, -0.15) is 11.8 Å². The summed E-state index contributed by atoms with van der Waals surface area (Å²) in [5.41, 5.74) is 0. The Bertz CT molecular complexity index is 564. The second-order valence-corrected chi connectivity index (χ2v) is 10.1. The van der Waals surface area contributed by atoms with Gasteiger partial charge in [-0.1, -0.05) is 11.8 Å². The van der Waals surface area contributed by atoms with Crippen LogP contribution in [0.15, 0.2) is 0 Å². The average Bonchev–Trinajstić information content (AvgIpc) is 2.95. The minimum atomic E-state index is -4.98. The zero-order chi connectivity index (χ0) is 16.9. The summed E-state index contributed by atoms with van der Waals surface area (Å²) < 4.78 is 33.5. The van der Waals surface area contributed by atoms with Gasteiger partial charge in [0.15, 0.2) is 0 Å². The number of aliphatic hydroxyl groups is 1. The number of hydrogen-bond acceptors (Lipinski definition) is 6. The second-order valence-electron chi connectivity index (χ2n) is 4.64. The Hall–Kier alpha value is -0.590. The highest BCUT2D eigenvalue weighted by Crippen LogP contribution is 2.74. The lowest BCUT2D eigenvalue weighted by atomic mass is 10.1. The van der Waals surface area contributed by atoms with E-state index in [4.69, 9.17) is 0 Å². The summed E-state index contributed by atoms with van der Waals surface area (Å²) in [5.74, 6) is 5.63. The summed E-state index contributed by atoms with van der Waals surface area (Å²) in [6.45, 7) is 2.70. The molecule has 0 aliphatic carbocycles. The molecule has 1 aliphatic heterocycles. The van der Waals surface area contributed by atoms with Crippen LogP contribution in [0.3, 0.4) is 0 Å². The summed E-state index contributed by atoms with van der Waals surface area (Å²) in [4.78, 5) is 19.9. The van der Waals surface area contributed by atoms with E-state index >= 15 is 0 Å². The quantitative estimate of drug-likeness (QED) is 0.483. The number of hydrogen-bond donors (Lipinski definition) is 3. The molecule has 3 N–H and O–H groups in total. The monoisotopic (exact) mass is 368 g/mol. The molecular formula is C12H18O7P2S. The summed E-state index contributed by atoms with van der Waals surface area (Å²) in [6.07, 6.45) is 4.02. The van der Waals surface area contributed by atoms with E-state index in [1.807, 2.05) is 12.2 Å². The standard InChI is InChI=1S/C12H18O7P2S/c1-3-6-18-20(14,15)12(13,9-11-5-8-22-10-11)21(16,17)19-7-4-2/h11,13H,5,8-10H2,1-2H3,(H,14,15)(H,16,17). The molecule has 0 amide bonds. The van der Waals surface area contributed by atoms with Crippen LogP contribution in [0.2, 0.25) is 0 Å². The van der Waals surface area contributed by atoms with Crippen LogP contribution in [-0.4, -0.2) is 31.5 Å². The van der Waals surface area contributed by atoms with Crippen molar-refractivity contribution in [1.82, 2.24) is 0 Å². The van der Waals surface area contributed by atoms with Gasteiger partial charge in [-0.15, -0.1) is 0 Å². The van der Waals surface area contributed by atoms with Gasteiger partial charge in [0.05, 0.1) is 0 Å². The van der Waals surface area contributed by atoms with Crippen LogP contribution in [0.1, 0.15) is 26.7 Å². The van der Waals surface area contributed by atoms with Crippen LogP contribution in [-0.2, 0) is 18.2 Å². The van der Waals surface area contributed by atoms with Gasteiger partial charge in [-0.25, -0.2) is 9.13 Å². The first-order chi connectivity index (χ1) is 10.2. The van der Waals surface area contributed by atoms with Gasteiger partial charge < -0.3 is 23.9 Å². The van der Waals surface area contributed by atoms with E-state index in [0.29, 0.717) is 12.2 Å². The summed E-state index contributed by atoms with van der Waals surface area (Å²) in [5, 5.41) is 7.58. The zero-order valence-corrected chi connectivity index (χ0v) is 14.8. The molecule has 3 unspecified atom stereocenters. The van der Waals surface area contributed by atoms with Gasteiger partial charge in [0.2, 0.25) is 0 Å². The first-order valence-electron chi connectivity index (χ1n) is 6.37. The van der Waals surface area contributed by atoms with Gasteiger partial charge >= 0.3 is 15.2 Å². The van der Waals surface area contributed by atoms with Crippen molar-refractivity contribution >= 4 is 27.0 Å². The Kier molecular flexibility index (Phi) is 6.89. The molecule has 1 aliphatic rings. The van der Waals surface area contributed by atoms with Crippen molar-refractivity contribution in [2.24, 2.45) is 5.92 Å². The van der Waals surface area contributed by atoms with Crippen molar-refractivity contribution in [2.75, 3.05) is 11.5 Å². The molecule has 10 heteroatoms. The number of rotatable bonds is 6. The normalized spacial score (nSPS) is 25.2. The first-order valence-corrected chi connectivity index (χ1v) is 10.7. The van der Waals surface area contributed by atoms with Crippen LogP contribution < -0.4 is 0 Å². The fraction of sp³-hybridized carbons (Fsp3) is 0.667. The minimum Gasteiger partial charge on any atom is -0.368 e. The lowest BCUT2D eigenvalue weighted by Crippen LogP contribution is -2.32. The minimum absolute atomic E-state index is 0.215. The van der Waals surface area contributed by atoms with E-state index in [0.717, 1.165) is 5.75 Å². The first kappa shape index (κ1) is 19.5. The highest BCUT2D eigenvalue weighted by Gasteiger charge is 2.65. The smallest absolute Gasteiger partial charge is 0.368 e. The van der Waals surface area contributed by atoms with Crippen molar-refractivity contribution < 1.29 is 33.1 Å². The van der Waals surface area contributed by atoms with E-state index in [2.05, 4.69) is 20.9 Å². The molecule has 0 aromatic carbocycles. The molecule has 1 heterocycles. The maximum Gasteiger partial charge on any atom is 0.430 e. The molecule has 124 valence electrons. The highest BCUT2D eigenvalue weighted by molar-refractivity contribution is 7.99. The van der Waals surface area contributed by atoms with Crippen molar-refractivity contribution in [3.63, 3.8) is 0 Å². The molecule has 1 saturated heterocycles. The summed E-state index contributed by atoms with van der Waals surface area (Å²) >= 11 is 1.59. The Labute approximate surface area is 133 Å². The van der Waals surface area contributed by atoms with E-state index in [1.54, 1.807) is 11.8 Å². The van der Waals surface area contributed by atoms with Gasteiger partial charge in [-0.05, 0) is 23.8 Å². The number of thioether (sulfide) groups is 1. The topological polar surface area (TPSA) is 113 Å². The fourth-order valence-corrected chi connectivity index (χ4v) is 6.39. The SMILES string of the molecule is CC#COP(=O)(O)C(O)(CC1CCSC1)P(=O)(O)OC#CC. The fourth-order valence-electron chi connectivity index (χ4n) is 1.88. The third-order valence-corrected chi connectivity index (χ3v) is 8.64. The molecule has 0 aromatic heterocycles. The second kappa shape index (κ2) is 7.79. The van der Waals surface area contributed by atoms with Gasteiger partial charge in [0, 0.05) is 20.3 Å². The molecule has 0 radical (unpaired) electrons. The zero-order valence-electron chi connectivity index (χ0n) is 12.2. The van der Waals surface area contributed by atoms with Crippen molar-refractivity contribution in [3.05, 3.63) is 0 Å². The van der Waals surface area contributed by atoms with E-state index in [1.165, 1.54) is 13.8 Å². The molecule has 0 saturated carbocycles. The van der Waals surface area contributed by atoms with Crippen molar-refractivity contribution in [1.29, 1.82) is 0 Å². The molecule has 0 bridgehead atoms. The predicted octanol–water partition coefficient (Wildman–Crippen LogP) is 2.14. The lowest BCUT2D eigenvalue weighted by molar-refractivity contribution is 0.109. The van der Waals surface area contributed by atoms with Crippen molar-refractivity contribution in [2.45, 2.75) is 31.8 Å².